The number of rotatable bonds is 3. The first-order valence-corrected chi connectivity index (χ1v) is 6.88. The molecule has 0 atom stereocenters. The minimum atomic E-state index is 0.508. The molecule has 0 radical (unpaired) electrons. The minimum Gasteiger partial charge on any atom is -0.383 e. The molecule has 0 aliphatic heterocycles. The van der Waals surface area contributed by atoms with Crippen molar-refractivity contribution in [3.8, 4) is 11.3 Å². The van der Waals surface area contributed by atoms with E-state index in [-0.39, 0.29) is 0 Å². The third kappa shape index (κ3) is 2.47. The van der Waals surface area contributed by atoms with Gasteiger partial charge in [0.25, 0.3) is 0 Å². The summed E-state index contributed by atoms with van der Waals surface area (Å²) in [7, 11) is 0. The Morgan fingerprint density at radius 1 is 1.32 bits per heavy atom. The average molecular weight is 291 g/mol. The van der Waals surface area contributed by atoms with Crippen LogP contribution >= 0.6 is 22.9 Å². The van der Waals surface area contributed by atoms with Crippen LogP contribution in [0, 0.1) is 0 Å². The number of nitrogens with zero attached hydrogens (tertiary/aromatic N) is 3. The van der Waals surface area contributed by atoms with E-state index in [0.29, 0.717) is 5.82 Å². The summed E-state index contributed by atoms with van der Waals surface area (Å²) in [5, 5.41) is 0. The van der Waals surface area contributed by atoms with Crippen LogP contribution in [0.2, 0.25) is 4.34 Å². The largest absolute Gasteiger partial charge is 0.383 e. The van der Waals surface area contributed by atoms with Crippen LogP contribution in [0.25, 0.3) is 11.3 Å². The second-order valence-corrected chi connectivity index (χ2v) is 5.85. The fourth-order valence-corrected chi connectivity index (χ4v) is 3.00. The molecule has 0 bridgehead atoms. The molecule has 96 valence electrons. The first-order chi connectivity index (χ1) is 9.24. The van der Waals surface area contributed by atoms with Crippen molar-refractivity contribution in [1.82, 2.24) is 14.5 Å². The molecule has 19 heavy (non-hydrogen) atoms. The predicted octanol–water partition coefficient (Wildman–Crippen LogP) is 3.29. The van der Waals surface area contributed by atoms with E-state index in [9.17, 15) is 0 Å². The first-order valence-electron chi connectivity index (χ1n) is 5.69. The van der Waals surface area contributed by atoms with Crippen molar-refractivity contribution in [2.24, 2.45) is 0 Å². The molecule has 4 nitrogen and oxygen atoms in total. The molecule has 0 spiro atoms. The molecule has 0 saturated carbocycles. The van der Waals surface area contributed by atoms with Crippen molar-refractivity contribution in [2.45, 2.75) is 6.54 Å². The Morgan fingerprint density at radius 3 is 2.95 bits per heavy atom. The number of halogens is 1. The number of anilines is 1. The zero-order valence-corrected chi connectivity index (χ0v) is 11.5. The molecule has 0 aliphatic carbocycles. The molecule has 3 aromatic rings. The fourth-order valence-electron chi connectivity index (χ4n) is 1.91. The number of imidazole rings is 1. The Bertz CT molecular complexity index is 704. The number of pyridine rings is 1. The quantitative estimate of drug-likeness (QED) is 0.805. The Morgan fingerprint density at radius 2 is 2.21 bits per heavy atom. The predicted molar refractivity (Wildman–Crippen MR) is 78.3 cm³/mol. The molecule has 3 heterocycles. The molecule has 0 saturated heterocycles. The maximum atomic E-state index is 5.95. The summed E-state index contributed by atoms with van der Waals surface area (Å²) in [4.78, 5) is 9.47. The highest BCUT2D eigenvalue weighted by Gasteiger charge is 2.10. The molecule has 0 fully saturated rings. The average Bonchev–Trinajstić information content (AvgIpc) is 3.00. The van der Waals surface area contributed by atoms with Gasteiger partial charge in [-0.3, -0.25) is 0 Å². The number of thiophene rings is 1. The van der Waals surface area contributed by atoms with Crippen molar-refractivity contribution in [3.05, 3.63) is 52.2 Å². The zero-order valence-electron chi connectivity index (χ0n) is 9.95. The van der Waals surface area contributed by atoms with Gasteiger partial charge in [-0.15, -0.1) is 11.3 Å². The standard InChI is InChI=1S/C13H11ClN4S/c14-12-4-3-9(19-12)7-18-8-16-6-11(18)10-2-1-5-17-13(10)15/h1-6,8H,7H2,(H2,15,17). The molecule has 0 aromatic carbocycles. The van der Waals surface area contributed by atoms with Crippen LogP contribution in [0.1, 0.15) is 4.88 Å². The Balaban J connectivity index is 1.97. The molecule has 0 unspecified atom stereocenters. The van der Waals surface area contributed by atoms with Crippen LogP contribution in [0.15, 0.2) is 43.0 Å². The highest BCUT2D eigenvalue weighted by atomic mass is 35.5. The van der Waals surface area contributed by atoms with Gasteiger partial charge in [0.15, 0.2) is 0 Å². The molecule has 0 aliphatic rings. The van der Waals surface area contributed by atoms with Gasteiger partial charge in [0.05, 0.1) is 29.1 Å². The van der Waals surface area contributed by atoms with Crippen LogP contribution in [-0.4, -0.2) is 14.5 Å². The summed E-state index contributed by atoms with van der Waals surface area (Å²) in [6.07, 6.45) is 5.26. The Hall–Kier alpha value is -1.85. The topological polar surface area (TPSA) is 56.7 Å². The van der Waals surface area contributed by atoms with Crippen molar-refractivity contribution in [2.75, 3.05) is 5.73 Å². The van der Waals surface area contributed by atoms with Gasteiger partial charge < -0.3 is 10.3 Å². The summed E-state index contributed by atoms with van der Waals surface area (Å²) in [5.41, 5.74) is 7.75. The summed E-state index contributed by atoms with van der Waals surface area (Å²) in [6.45, 7) is 0.723. The molecular formula is C13H11ClN4S. The molecule has 3 aromatic heterocycles. The van der Waals surface area contributed by atoms with Crippen LogP contribution < -0.4 is 5.73 Å². The van der Waals surface area contributed by atoms with E-state index in [4.69, 9.17) is 17.3 Å². The lowest BCUT2D eigenvalue weighted by Gasteiger charge is -2.08. The Labute approximate surface area is 119 Å². The molecule has 2 N–H and O–H groups in total. The number of nitrogen functional groups attached to an aromatic ring is 1. The van der Waals surface area contributed by atoms with Crippen LogP contribution in [-0.2, 0) is 6.54 Å². The first kappa shape index (κ1) is 12.2. The Kier molecular flexibility index (Phi) is 3.23. The highest BCUT2D eigenvalue weighted by molar-refractivity contribution is 7.16. The smallest absolute Gasteiger partial charge is 0.132 e. The highest BCUT2D eigenvalue weighted by Crippen LogP contribution is 2.26. The second kappa shape index (κ2) is 5.03. The van der Waals surface area contributed by atoms with Crippen molar-refractivity contribution >= 4 is 28.8 Å². The fraction of sp³-hybridized carbons (Fsp3) is 0.0769. The van der Waals surface area contributed by atoms with Gasteiger partial charge in [0.1, 0.15) is 5.82 Å². The number of aromatic nitrogens is 3. The molecule has 6 heteroatoms. The lowest BCUT2D eigenvalue weighted by molar-refractivity contribution is 0.817. The van der Waals surface area contributed by atoms with E-state index in [0.717, 1.165) is 22.1 Å². The van der Waals surface area contributed by atoms with E-state index < -0.39 is 0 Å². The second-order valence-electron chi connectivity index (χ2n) is 4.05. The number of nitrogens with two attached hydrogens (primary N) is 1. The summed E-state index contributed by atoms with van der Waals surface area (Å²) >= 11 is 7.51. The van der Waals surface area contributed by atoms with Gasteiger partial charge in [-0.1, -0.05) is 11.6 Å². The van der Waals surface area contributed by atoms with Crippen LogP contribution in [0.5, 0.6) is 0 Å². The minimum absolute atomic E-state index is 0.508. The van der Waals surface area contributed by atoms with Gasteiger partial charge in [-0.25, -0.2) is 9.97 Å². The normalized spacial score (nSPS) is 10.8. The monoisotopic (exact) mass is 290 g/mol. The van der Waals surface area contributed by atoms with Crippen molar-refractivity contribution in [3.63, 3.8) is 0 Å². The molecule has 0 amide bonds. The van der Waals surface area contributed by atoms with Gasteiger partial charge >= 0.3 is 0 Å². The van der Waals surface area contributed by atoms with Crippen LogP contribution in [0.4, 0.5) is 5.82 Å². The number of hydrogen-bond donors (Lipinski definition) is 1. The van der Waals surface area contributed by atoms with Crippen LogP contribution in [0.3, 0.4) is 0 Å². The van der Waals surface area contributed by atoms with E-state index in [1.165, 1.54) is 4.88 Å². The lowest BCUT2D eigenvalue weighted by Crippen LogP contribution is -2.01. The van der Waals surface area contributed by atoms with Gasteiger partial charge in [0.2, 0.25) is 0 Å². The third-order valence-electron chi connectivity index (χ3n) is 2.78. The van der Waals surface area contributed by atoms with E-state index in [1.807, 2.05) is 28.8 Å². The SMILES string of the molecule is Nc1ncccc1-c1cncn1Cc1ccc(Cl)s1. The summed E-state index contributed by atoms with van der Waals surface area (Å²) < 4.78 is 2.83. The van der Waals surface area contributed by atoms with Crippen molar-refractivity contribution in [1.29, 1.82) is 0 Å². The summed E-state index contributed by atoms with van der Waals surface area (Å²) in [6, 6.07) is 7.72. The lowest BCUT2D eigenvalue weighted by atomic mass is 10.2. The van der Waals surface area contributed by atoms with E-state index >= 15 is 0 Å². The molecule has 3 rings (SSSR count). The van der Waals surface area contributed by atoms with E-state index in [1.54, 1.807) is 30.1 Å². The maximum absolute atomic E-state index is 5.95. The van der Waals surface area contributed by atoms with Gasteiger partial charge in [0, 0.05) is 16.6 Å². The summed E-state index contributed by atoms with van der Waals surface area (Å²) in [5.74, 6) is 0.508. The maximum Gasteiger partial charge on any atom is 0.132 e. The zero-order chi connectivity index (χ0) is 13.2. The van der Waals surface area contributed by atoms with Gasteiger partial charge in [-0.05, 0) is 24.3 Å². The third-order valence-corrected chi connectivity index (χ3v) is 4.00. The molecular weight excluding hydrogens is 280 g/mol. The van der Waals surface area contributed by atoms with Crippen molar-refractivity contribution < 1.29 is 0 Å². The van der Waals surface area contributed by atoms with E-state index in [2.05, 4.69) is 9.97 Å². The number of hydrogen-bond acceptors (Lipinski definition) is 4. The van der Waals surface area contributed by atoms with Gasteiger partial charge in [-0.2, -0.15) is 0 Å².